The summed E-state index contributed by atoms with van der Waals surface area (Å²) in [6.07, 6.45) is 0. The molecule has 1 fully saturated rings. The minimum Gasteiger partial charge on any atom is -0.505 e. The lowest BCUT2D eigenvalue weighted by molar-refractivity contribution is 0.144. The van der Waals surface area contributed by atoms with Crippen LogP contribution in [0, 0.1) is 5.82 Å². The first-order valence-electron chi connectivity index (χ1n) is 5.82. The number of alkyl halides is 1. The van der Waals surface area contributed by atoms with Gasteiger partial charge in [-0.3, -0.25) is 4.90 Å². The number of phenols is 1. The summed E-state index contributed by atoms with van der Waals surface area (Å²) in [7, 11) is 0. The summed E-state index contributed by atoms with van der Waals surface area (Å²) < 4.78 is 27.0. The first-order valence-corrected chi connectivity index (χ1v) is 6.62. The summed E-state index contributed by atoms with van der Waals surface area (Å²) in [4.78, 5) is 1.92. The van der Waals surface area contributed by atoms with Crippen molar-refractivity contribution in [2.75, 3.05) is 32.9 Å². The molecule has 0 aromatic heterocycles. The highest BCUT2D eigenvalue weighted by atomic mass is 79.9. The van der Waals surface area contributed by atoms with Crippen molar-refractivity contribution < 1.29 is 13.9 Å². The third-order valence-corrected chi connectivity index (χ3v) is 3.81. The van der Waals surface area contributed by atoms with Crippen molar-refractivity contribution in [2.24, 2.45) is 0 Å². The van der Waals surface area contributed by atoms with Crippen LogP contribution in [-0.2, 0) is 0 Å². The second-order valence-corrected chi connectivity index (χ2v) is 5.11. The molecule has 100 valence electrons. The van der Waals surface area contributed by atoms with Crippen molar-refractivity contribution in [3.05, 3.63) is 28.0 Å². The van der Waals surface area contributed by atoms with Crippen LogP contribution in [0.5, 0.6) is 5.75 Å². The van der Waals surface area contributed by atoms with Crippen molar-refractivity contribution in [3.63, 3.8) is 0 Å². The zero-order valence-corrected chi connectivity index (χ0v) is 11.4. The van der Waals surface area contributed by atoms with Crippen LogP contribution in [0.3, 0.4) is 0 Å². The van der Waals surface area contributed by atoms with Gasteiger partial charge in [-0.25, -0.2) is 8.78 Å². The fourth-order valence-corrected chi connectivity index (χ4v) is 2.51. The van der Waals surface area contributed by atoms with Crippen molar-refractivity contribution in [1.29, 1.82) is 0 Å². The molecule has 1 atom stereocenters. The standard InChI is InChI=1S/C12H15BrF2N2O/c13-9-2-1-8(12(18)11(9)15)10(7-14)17-5-3-16-4-6-17/h1-2,10,16,18H,3-7H2/t10-/m1/s1. The molecule has 0 bridgehead atoms. The lowest BCUT2D eigenvalue weighted by Crippen LogP contribution is -2.45. The van der Waals surface area contributed by atoms with Crippen molar-refractivity contribution in [3.8, 4) is 5.75 Å². The SMILES string of the molecule is Oc1c([C@@H](CF)N2CCNCC2)ccc(Br)c1F. The zero-order chi connectivity index (χ0) is 13.1. The van der Waals surface area contributed by atoms with Gasteiger partial charge in [0.2, 0.25) is 0 Å². The van der Waals surface area contributed by atoms with E-state index in [0.717, 1.165) is 13.1 Å². The van der Waals surface area contributed by atoms with Crippen LogP contribution in [0.15, 0.2) is 16.6 Å². The molecule has 1 aromatic rings. The van der Waals surface area contributed by atoms with Crippen LogP contribution in [0.25, 0.3) is 0 Å². The van der Waals surface area contributed by atoms with Gasteiger partial charge in [-0.15, -0.1) is 0 Å². The Morgan fingerprint density at radius 1 is 1.39 bits per heavy atom. The zero-order valence-electron chi connectivity index (χ0n) is 9.80. The number of aromatic hydroxyl groups is 1. The second-order valence-electron chi connectivity index (χ2n) is 4.26. The maximum Gasteiger partial charge on any atom is 0.179 e. The Morgan fingerprint density at radius 2 is 2.06 bits per heavy atom. The number of benzene rings is 1. The number of phenolic OH excluding ortho intramolecular Hbond substituents is 1. The summed E-state index contributed by atoms with van der Waals surface area (Å²) in [6.45, 7) is 2.28. The van der Waals surface area contributed by atoms with Crippen LogP contribution >= 0.6 is 15.9 Å². The van der Waals surface area contributed by atoms with Gasteiger partial charge in [0.05, 0.1) is 10.5 Å². The van der Waals surface area contributed by atoms with Crippen LogP contribution in [0.1, 0.15) is 11.6 Å². The topological polar surface area (TPSA) is 35.5 Å². The lowest BCUT2D eigenvalue weighted by Gasteiger charge is -2.33. The van der Waals surface area contributed by atoms with Crippen LogP contribution < -0.4 is 5.32 Å². The number of hydrogen-bond donors (Lipinski definition) is 2. The van der Waals surface area contributed by atoms with E-state index in [1.807, 2.05) is 4.90 Å². The van der Waals surface area contributed by atoms with E-state index >= 15 is 0 Å². The molecule has 1 saturated heterocycles. The Labute approximate surface area is 113 Å². The normalized spacial score (nSPS) is 18.8. The average molecular weight is 321 g/mol. The third-order valence-electron chi connectivity index (χ3n) is 3.20. The van der Waals surface area contributed by atoms with E-state index in [9.17, 15) is 13.9 Å². The Morgan fingerprint density at radius 3 is 2.67 bits per heavy atom. The van der Waals surface area contributed by atoms with Gasteiger partial charge in [-0.1, -0.05) is 6.07 Å². The van der Waals surface area contributed by atoms with Gasteiger partial charge >= 0.3 is 0 Å². The maximum atomic E-state index is 13.6. The molecule has 3 nitrogen and oxygen atoms in total. The molecule has 1 aliphatic heterocycles. The van der Waals surface area contributed by atoms with Crippen molar-refractivity contribution >= 4 is 15.9 Å². The molecule has 6 heteroatoms. The molecule has 0 unspecified atom stereocenters. The monoisotopic (exact) mass is 320 g/mol. The van der Waals surface area contributed by atoms with E-state index in [1.54, 1.807) is 6.07 Å². The third kappa shape index (κ3) is 2.65. The van der Waals surface area contributed by atoms with Crippen molar-refractivity contribution in [2.45, 2.75) is 6.04 Å². The average Bonchev–Trinajstić information content (AvgIpc) is 2.41. The molecule has 0 spiro atoms. The summed E-state index contributed by atoms with van der Waals surface area (Å²) in [5, 5.41) is 13.0. The first kappa shape index (κ1) is 13.7. The molecule has 0 aliphatic carbocycles. The summed E-state index contributed by atoms with van der Waals surface area (Å²) in [5.41, 5.74) is 0.306. The van der Waals surface area contributed by atoms with Gasteiger partial charge < -0.3 is 10.4 Å². The molecule has 1 aromatic carbocycles. The fourth-order valence-electron chi connectivity index (χ4n) is 2.19. The summed E-state index contributed by atoms with van der Waals surface area (Å²) in [6, 6.07) is 2.47. The molecule has 0 radical (unpaired) electrons. The highest BCUT2D eigenvalue weighted by Gasteiger charge is 2.26. The number of rotatable bonds is 3. The molecule has 0 amide bonds. The predicted molar refractivity (Wildman–Crippen MR) is 68.9 cm³/mol. The van der Waals surface area contributed by atoms with E-state index in [1.165, 1.54) is 6.07 Å². The van der Waals surface area contributed by atoms with E-state index < -0.39 is 24.3 Å². The van der Waals surface area contributed by atoms with Crippen LogP contribution in [0.2, 0.25) is 0 Å². The van der Waals surface area contributed by atoms with E-state index in [4.69, 9.17) is 0 Å². The number of piperazine rings is 1. The molecular weight excluding hydrogens is 306 g/mol. The molecule has 18 heavy (non-hydrogen) atoms. The van der Waals surface area contributed by atoms with Gasteiger partial charge in [-0.2, -0.15) is 0 Å². The number of hydrogen-bond acceptors (Lipinski definition) is 3. The highest BCUT2D eigenvalue weighted by molar-refractivity contribution is 9.10. The number of nitrogens with zero attached hydrogens (tertiary/aromatic N) is 1. The Balaban J connectivity index is 2.29. The quantitative estimate of drug-likeness (QED) is 0.896. The van der Waals surface area contributed by atoms with Crippen LogP contribution in [-0.4, -0.2) is 42.9 Å². The van der Waals surface area contributed by atoms with Crippen molar-refractivity contribution in [1.82, 2.24) is 10.2 Å². The molecule has 0 saturated carbocycles. The molecule has 1 aliphatic rings. The fraction of sp³-hybridized carbons (Fsp3) is 0.500. The van der Waals surface area contributed by atoms with E-state index in [0.29, 0.717) is 18.7 Å². The summed E-state index contributed by atoms with van der Waals surface area (Å²) in [5.74, 6) is -1.20. The Hall–Kier alpha value is -0.720. The predicted octanol–water partition coefficient (Wildman–Crippen LogP) is 2.21. The number of halogens is 3. The molecular formula is C12H15BrF2N2O. The van der Waals surface area contributed by atoms with Gasteiger partial charge in [0.1, 0.15) is 6.67 Å². The van der Waals surface area contributed by atoms with Crippen LogP contribution in [0.4, 0.5) is 8.78 Å². The number of nitrogens with one attached hydrogen (secondary N) is 1. The second kappa shape index (κ2) is 5.95. The van der Waals surface area contributed by atoms with Gasteiger partial charge in [0.15, 0.2) is 11.6 Å². The highest BCUT2D eigenvalue weighted by Crippen LogP contribution is 2.34. The van der Waals surface area contributed by atoms with Gasteiger partial charge in [0, 0.05) is 31.7 Å². The van der Waals surface area contributed by atoms with E-state index in [-0.39, 0.29) is 4.47 Å². The van der Waals surface area contributed by atoms with Gasteiger partial charge in [0.25, 0.3) is 0 Å². The molecule has 1 heterocycles. The van der Waals surface area contributed by atoms with E-state index in [2.05, 4.69) is 21.2 Å². The largest absolute Gasteiger partial charge is 0.505 e. The molecule has 2 N–H and O–H groups in total. The molecule has 2 rings (SSSR count). The smallest absolute Gasteiger partial charge is 0.179 e. The van der Waals surface area contributed by atoms with Gasteiger partial charge in [-0.05, 0) is 22.0 Å². The summed E-state index contributed by atoms with van der Waals surface area (Å²) >= 11 is 2.99. The lowest BCUT2D eigenvalue weighted by atomic mass is 10.0. The Bertz CT molecular complexity index is 425. The minimum absolute atomic E-state index is 0.182. The Kier molecular flexibility index (Phi) is 4.53. The minimum atomic E-state index is -0.735. The maximum absolute atomic E-state index is 13.6. The first-order chi connectivity index (χ1) is 8.65.